The zero-order valence-corrected chi connectivity index (χ0v) is 8.72. The van der Waals surface area contributed by atoms with Crippen LogP contribution in [-0.2, 0) is 9.53 Å². The van der Waals surface area contributed by atoms with Crippen LogP contribution in [0.1, 0.15) is 6.42 Å². The Labute approximate surface area is 69.9 Å². The molecule has 0 aromatic carbocycles. The van der Waals surface area contributed by atoms with Crippen molar-refractivity contribution in [3.05, 3.63) is 0 Å². The summed E-state index contributed by atoms with van der Waals surface area (Å²) in [5, 5.41) is 0. The maximum Gasteiger partial charge on any atom is 0.122 e. The summed E-state index contributed by atoms with van der Waals surface area (Å²) < 4.78 is 5.25. The summed E-state index contributed by atoms with van der Waals surface area (Å²) >= 11 is 0. The van der Waals surface area contributed by atoms with E-state index in [1.54, 1.807) is 0 Å². The molecule has 0 fully saturated rings. The summed E-state index contributed by atoms with van der Waals surface area (Å²) in [6, 6.07) is 1.19. The Hall–Kier alpha value is -0.153. The number of hydrogen-bond donors (Lipinski definition) is 0. The molecule has 0 radical (unpaired) electrons. The Balaban J connectivity index is 3.08. The summed E-state index contributed by atoms with van der Waals surface area (Å²) in [6.45, 7) is 8.36. The lowest BCUT2D eigenvalue weighted by molar-refractivity contribution is -0.108. The number of ether oxygens (including phenoxy) is 1. The molecule has 2 nitrogen and oxygen atoms in total. The molecule has 11 heavy (non-hydrogen) atoms. The van der Waals surface area contributed by atoms with Gasteiger partial charge in [0.05, 0.1) is 6.61 Å². The third-order valence-corrected chi connectivity index (χ3v) is 3.08. The zero-order chi connectivity index (χ0) is 8.74. The molecule has 0 amide bonds. The van der Waals surface area contributed by atoms with E-state index in [9.17, 15) is 4.79 Å². The SMILES string of the molecule is C[Si](C)(C)CCOCCC=O. The molecule has 0 aliphatic rings. The number of hydrogen-bond acceptors (Lipinski definition) is 2. The van der Waals surface area contributed by atoms with Crippen molar-refractivity contribution in [1.82, 2.24) is 0 Å². The second kappa shape index (κ2) is 5.49. The maximum atomic E-state index is 9.89. The highest BCUT2D eigenvalue weighted by Gasteiger charge is 2.11. The average Bonchev–Trinajstić information content (AvgIpc) is 1.85. The third kappa shape index (κ3) is 9.85. The van der Waals surface area contributed by atoms with Gasteiger partial charge in [-0.15, -0.1) is 0 Å². The largest absolute Gasteiger partial charge is 0.381 e. The Morgan fingerprint density at radius 2 is 1.91 bits per heavy atom. The molecule has 0 spiro atoms. The van der Waals surface area contributed by atoms with Crippen molar-refractivity contribution in [2.75, 3.05) is 13.2 Å². The minimum atomic E-state index is -0.931. The second-order valence-corrected chi connectivity index (χ2v) is 9.50. The van der Waals surface area contributed by atoms with E-state index < -0.39 is 8.07 Å². The van der Waals surface area contributed by atoms with Gasteiger partial charge in [0.25, 0.3) is 0 Å². The first-order chi connectivity index (χ1) is 5.06. The molecule has 0 N–H and O–H groups in total. The van der Waals surface area contributed by atoms with Gasteiger partial charge in [0.2, 0.25) is 0 Å². The summed E-state index contributed by atoms with van der Waals surface area (Å²) in [5.41, 5.74) is 0. The summed E-state index contributed by atoms with van der Waals surface area (Å²) in [6.07, 6.45) is 1.43. The van der Waals surface area contributed by atoms with Crippen LogP contribution >= 0.6 is 0 Å². The molecular weight excluding hydrogens is 156 g/mol. The quantitative estimate of drug-likeness (QED) is 0.349. The number of carbonyl (C=O) groups is 1. The number of rotatable bonds is 6. The highest BCUT2D eigenvalue weighted by atomic mass is 28.3. The van der Waals surface area contributed by atoms with Crippen LogP contribution in [-0.4, -0.2) is 27.6 Å². The lowest BCUT2D eigenvalue weighted by Crippen LogP contribution is -2.21. The van der Waals surface area contributed by atoms with Gasteiger partial charge in [0.15, 0.2) is 0 Å². The Bertz CT molecular complexity index is 107. The van der Waals surface area contributed by atoms with Crippen LogP contribution in [0.25, 0.3) is 0 Å². The topological polar surface area (TPSA) is 26.3 Å². The molecule has 0 atom stereocenters. The molecule has 0 saturated carbocycles. The van der Waals surface area contributed by atoms with E-state index in [2.05, 4.69) is 19.6 Å². The standard InChI is InChI=1S/C8H18O2Si/c1-11(2,3)8-7-10-6-4-5-9/h5H,4,6-8H2,1-3H3. The first-order valence-electron chi connectivity index (χ1n) is 4.07. The monoisotopic (exact) mass is 174 g/mol. The normalized spacial score (nSPS) is 11.5. The van der Waals surface area contributed by atoms with Crippen LogP contribution in [0.2, 0.25) is 25.7 Å². The van der Waals surface area contributed by atoms with Crippen LogP contribution < -0.4 is 0 Å². The van der Waals surface area contributed by atoms with Crippen molar-refractivity contribution < 1.29 is 9.53 Å². The molecule has 0 saturated heterocycles. The predicted molar refractivity (Wildman–Crippen MR) is 49.7 cm³/mol. The van der Waals surface area contributed by atoms with Gasteiger partial charge >= 0.3 is 0 Å². The van der Waals surface area contributed by atoms with Crippen molar-refractivity contribution in [2.24, 2.45) is 0 Å². The number of carbonyl (C=O) groups excluding carboxylic acids is 1. The molecule has 0 aliphatic carbocycles. The van der Waals surface area contributed by atoms with Gasteiger partial charge in [-0.25, -0.2) is 0 Å². The van der Waals surface area contributed by atoms with Crippen LogP contribution in [0.3, 0.4) is 0 Å². The minimum absolute atomic E-state index is 0.533. The van der Waals surface area contributed by atoms with Gasteiger partial charge in [-0.05, 0) is 6.04 Å². The molecule has 0 rings (SSSR count). The first-order valence-corrected chi connectivity index (χ1v) is 7.78. The lowest BCUT2D eigenvalue weighted by Gasteiger charge is -2.14. The summed E-state index contributed by atoms with van der Waals surface area (Å²) in [4.78, 5) is 9.89. The Morgan fingerprint density at radius 1 is 1.27 bits per heavy atom. The minimum Gasteiger partial charge on any atom is -0.381 e. The van der Waals surface area contributed by atoms with Gasteiger partial charge < -0.3 is 9.53 Å². The van der Waals surface area contributed by atoms with E-state index in [4.69, 9.17) is 4.74 Å². The maximum absolute atomic E-state index is 9.89. The van der Waals surface area contributed by atoms with E-state index in [-0.39, 0.29) is 0 Å². The van der Waals surface area contributed by atoms with Gasteiger partial charge in [0.1, 0.15) is 6.29 Å². The van der Waals surface area contributed by atoms with Crippen molar-refractivity contribution in [2.45, 2.75) is 32.1 Å². The van der Waals surface area contributed by atoms with Gasteiger partial charge in [-0.2, -0.15) is 0 Å². The van der Waals surface area contributed by atoms with E-state index >= 15 is 0 Å². The van der Waals surface area contributed by atoms with Crippen LogP contribution in [0.5, 0.6) is 0 Å². The smallest absolute Gasteiger partial charge is 0.122 e. The summed E-state index contributed by atoms with van der Waals surface area (Å²) in [5.74, 6) is 0. The number of aldehydes is 1. The Kier molecular flexibility index (Phi) is 5.41. The lowest BCUT2D eigenvalue weighted by atomic mass is 10.5. The van der Waals surface area contributed by atoms with Crippen LogP contribution in [0.15, 0.2) is 0 Å². The van der Waals surface area contributed by atoms with Gasteiger partial charge in [-0.3, -0.25) is 0 Å². The van der Waals surface area contributed by atoms with Gasteiger partial charge in [0, 0.05) is 21.1 Å². The highest BCUT2D eigenvalue weighted by Crippen LogP contribution is 2.07. The molecule has 0 heterocycles. The van der Waals surface area contributed by atoms with Crippen molar-refractivity contribution in [3.8, 4) is 0 Å². The molecule has 66 valence electrons. The molecule has 0 aliphatic heterocycles. The fourth-order valence-electron chi connectivity index (χ4n) is 0.612. The van der Waals surface area contributed by atoms with E-state index in [0.717, 1.165) is 12.9 Å². The highest BCUT2D eigenvalue weighted by molar-refractivity contribution is 6.76. The second-order valence-electron chi connectivity index (χ2n) is 3.88. The molecule has 3 heteroatoms. The molecule has 0 aromatic rings. The van der Waals surface area contributed by atoms with Crippen molar-refractivity contribution in [1.29, 1.82) is 0 Å². The summed E-state index contributed by atoms with van der Waals surface area (Å²) in [7, 11) is -0.931. The van der Waals surface area contributed by atoms with E-state index in [1.165, 1.54) is 6.04 Å². The van der Waals surface area contributed by atoms with Crippen molar-refractivity contribution in [3.63, 3.8) is 0 Å². The zero-order valence-electron chi connectivity index (χ0n) is 7.72. The van der Waals surface area contributed by atoms with Crippen LogP contribution in [0.4, 0.5) is 0 Å². The molecular formula is C8H18O2Si. The third-order valence-electron chi connectivity index (χ3n) is 1.38. The molecule has 0 bridgehead atoms. The van der Waals surface area contributed by atoms with Crippen molar-refractivity contribution >= 4 is 14.4 Å². The Morgan fingerprint density at radius 3 is 2.36 bits per heavy atom. The average molecular weight is 174 g/mol. The molecule has 0 aromatic heterocycles. The van der Waals surface area contributed by atoms with E-state index in [1.807, 2.05) is 0 Å². The van der Waals surface area contributed by atoms with Crippen LogP contribution in [0, 0.1) is 0 Å². The molecule has 0 unspecified atom stereocenters. The van der Waals surface area contributed by atoms with Gasteiger partial charge in [-0.1, -0.05) is 19.6 Å². The predicted octanol–water partition coefficient (Wildman–Crippen LogP) is 1.93. The fraction of sp³-hybridized carbons (Fsp3) is 0.875. The van der Waals surface area contributed by atoms with E-state index in [0.29, 0.717) is 13.0 Å². The first kappa shape index (κ1) is 10.8. The fourth-order valence-corrected chi connectivity index (χ4v) is 1.37.